The maximum atomic E-state index is 9.69. The van der Waals surface area contributed by atoms with E-state index in [-0.39, 0.29) is 6.04 Å². The normalized spacial score (nSPS) is 12.2. The van der Waals surface area contributed by atoms with Crippen molar-refractivity contribution in [2.75, 3.05) is 0 Å². The van der Waals surface area contributed by atoms with Crippen LogP contribution in [0, 0.1) is 0 Å². The van der Waals surface area contributed by atoms with Gasteiger partial charge in [-0.2, -0.15) is 0 Å². The minimum absolute atomic E-state index is 0.169. The van der Waals surface area contributed by atoms with Crippen LogP contribution in [0.5, 0.6) is 0 Å². The molecule has 0 aromatic rings. The lowest BCUT2D eigenvalue weighted by Gasteiger charge is -1.99. The first-order valence-electron chi connectivity index (χ1n) is 3.38. The minimum Gasteiger partial charge on any atom is -0.211 e. The van der Waals surface area contributed by atoms with E-state index >= 15 is 0 Å². The van der Waals surface area contributed by atoms with Crippen molar-refractivity contribution >= 4 is 6.08 Å². The molecule has 0 radical (unpaired) electrons. The predicted molar refractivity (Wildman–Crippen MR) is 37.1 cm³/mol. The molecular formula is C7H13NO. The van der Waals surface area contributed by atoms with Crippen molar-refractivity contribution in [3.63, 3.8) is 0 Å². The van der Waals surface area contributed by atoms with E-state index in [4.69, 9.17) is 0 Å². The fourth-order valence-corrected chi connectivity index (χ4v) is 0.654. The second-order valence-electron chi connectivity index (χ2n) is 2.21. The molecule has 52 valence electrons. The number of hydrogen-bond acceptors (Lipinski definition) is 2. The number of rotatable bonds is 4. The third kappa shape index (κ3) is 5.25. The van der Waals surface area contributed by atoms with Crippen LogP contribution in [0.25, 0.3) is 0 Å². The molecule has 2 heteroatoms. The molecule has 0 bridgehead atoms. The summed E-state index contributed by atoms with van der Waals surface area (Å²) in [6.07, 6.45) is 4.87. The van der Waals surface area contributed by atoms with Crippen LogP contribution in [-0.4, -0.2) is 12.1 Å². The largest absolute Gasteiger partial charge is 0.235 e. The average molecular weight is 127 g/mol. The van der Waals surface area contributed by atoms with Crippen LogP contribution in [0.15, 0.2) is 4.99 Å². The highest BCUT2D eigenvalue weighted by Gasteiger charge is 1.94. The van der Waals surface area contributed by atoms with Gasteiger partial charge in [0.2, 0.25) is 6.08 Å². The lowest BCUT2D eigenvalue weighted by Crippen LogP contribution is -1.95. The first-order chi connectivity index (χ1) is 4.31. The third-order valence-electron chi connectivity index (χ3n) is 1.25. The van der Waals surface area contributed by atoms with Crippen LogP contribution in [0.1, 0.15) is 33.1 Å². The lowest BCUT2D eigenvalue weighted by molar-refractivity contribution is 0.551. The molecule has 0 aromatic heterocycles. The minimum atomic E-state index is 0.169. The molecule has 0 heterocycles. The van der Waals surface area contributed by atoms with Crippen molar-refractivity contribution in [3.8, 4) is 0 Å². The highest BCUT2D eigenvalue weighted by Crippen LogP contribution is 2.01. The number of carbonyl (C=O) groups excluding carboxylic acids is 1. The highest BCUT2D eigenvalue weighted by molar-refractivity contribution is 5.33. The zero-order valence-electron chi connectivity index (χ0n) is 6.05. The van der Waals surface area contributed by atoms with Gasteiger partial charge in [-0.15, -0.1) is 0 Å². The Balaban J connectivity index is 3.26. The Morgan fingerprint density at radius 3 is 2.78 bits per heavy atom. The van der Waals surface area contributed by atoms with E-state index in [2.05, 4.69) is 11.9 Å². The lowest BCUT2D eigenvalue weighted by atomic mass is 10.2. The summed E-state index contributed by atoms with van der Waals surface area (Å²) in [6.45, 7) is 4.05. The second kappa shape index (κ2) is 5.52. The second-order valence-corrected chi connectivity index (χ2v) is 2.21. The Hall–Kier alpha value is -0.620. The molecular weight excluding hydrogens is 114 g/mol. The van der Waals surface area contributed by atoms with E-state index in [1.54, 1.807) is 6.08 Å². The molecule has 1 atom stereocenters. The quantitative estimate of drug-likeness (QED) is 0.419. The van der Waals surface area contributed by atoms with Gasteiger partial charge in [-0.3, -0.25) is 0 Å². The van der Waals surface area contributed by atoms with Crippen LogP contribution in [0.4, 0.5) is 0 Å². The van der Waals surface area contributed by atoms with Gasteiger partial charge in [0, 0.05) is 0 Å². The number of nitrogens with zero attached hydrogens (tertiary/aromatic N) is 1. The Bertz CT molecular complexity index is 105. The standard InChI is InChI=1S/C7H13NO/c1-3-4-5-7(2)8-6-9/h7H,3-5H2,1-2H3/t7-/m1/s1. The number of aliphatic imine (C=N–C) groups is 1. The van der Waals surface area contributed by atoms with Crippen LogP contribution < -0.4 is 0 Å². The molecule has 0 saturated carbocycles. The molecule has 0 fully saturated rings. The fraction of sp³-hybridized carbons (Fsp3) is 0.857. The molecule has 0 N–H and O–H groups in total. The summed E-state index contributed by atoms with van der Waals surface area (Å²) >= 11 is 0. The topological polar surface area (TPSA) is 29.4 Å². The number of hydrogen-bond donors (Lipinski definition) is 0. The summed E-state index contributed by atoms with van der Waals surface area (Å²) < 4.78 is 0. The summed E-state index contributed by atoms with van der Waals surface area (Å²) in [5, 5.41) is 0. The van der Waals surface area contributed by atoms with Gasteiger partial charge >= 0.3 is 0 Å². The number of isocyanates is 1. The van der Waals surface area contributed by atoms with E-state index in [9.17, 15) is 4.79 Å². The summed E-state index contributed by atoms with van der Waals surface area (Å²) in [7, 11) is 0. The van der Waals surface area contributed by atoms with Gasteiger partial charge in [0.25, 0.3) is 0 Å². The van der Waals surface area contributed by atoms with Crippen molar-refractivity contribution in [1.82, 2.24) is 0 Å². The Kier molecular flexibility index (Phi) is 5.14. The Morgan fingerprint density at radius 1 is 1.67 bits per heavy atom. The van der Waals surface area contributed by atoms with E-state index < -0.39 is 0 Å². The Morgan fingerprint density at radius 2 is 2.33 bits per heavy atom. The molecule has 0 aromatic carbocycles. The van der Waals surface area contributed by atoms with E-state index in [0.29, 0.717) is 0 Å². The van der Waals surface area contributed by atoms with Crippen molar-refractivity contribution in [1.29, 1.82) is 0 Å². The molecule has 0 rings (SSSR count). The first kappa shape index (κ1) is 8.38. The van der Waals surface area contributed by atoms with Crippen molar-refractivity contribution in [3.05, 3.63) is 0 Å². The summed E-state index contributed by atoms with van der Waals surface area (Å²) in [4.78, 5) is 13.2. The monoisotopic (exact) mass is 127 g/mol. The van der Waals surface area contributed by atoms with Gasteiger partial charge in [-0.25, -0.2) is 9.79 Å². The van der Waals surface area contributed by atoms with E-state index in [1.165, 1.54) is 6.42 Å². The van der Waals surface area contributed by atoms with Crippen LogP contribution in [0.3, 0.4) is 0 Å². The smallest absolute Gasteiger partial charge is 0.211 e. The highest BCUT2D eigenvalue weighted by atomic mass is 16.1. The van der Waals surface area contributed by atoms with Gasteiger partial charge in [0.1, 0.15) is 0 Å². The zero-order valence-corrected chi connectivity index (χ0v) is 6.05. The van der Waals surface area contributed by atoms with Gasteiger partial charge in [0.15, 0.2) is 0 Å². The van der Waals surface area contributed by atoms with Crippen LogP contribution in [0.2, 0.25) is 0 Å². The molecule has 0 aliphatic carbocycles. The van der Waals surface area contributed by atoms with Gasteiger partial charge in [0.05, 0.1) is 6.04 Å². The summed E-state index contributed by atoms with van der Waals surface area (Å²) in [6, 6.07) is 0.169. The van der Waals surface area contributed by atoms with E-state index in [0.717, 1.165) is 12.8 Å². The molecule has 9 heavy (non-hydrogen) atoms. The van der Waals surface area contributed by atoms with E-state index in [1.807, 2.05) is 6.92 Å². The van der Waals surface area contributed by atoms with Crippen LogP contribution in [-0.2, 0) is 4.79 Å². The third-order valence-corrected chi connectivity index (χ3v) is 1.25. The summed E-state index contributed by atoms with van der Waals surface area (Å²) in [5.74, 6) is 0. The van der Waals surface area contributed by atoms with Crippen LogP contribution >= 0.6 is 0 Å². The van der Waals surface area contributed by atoms with Crippen molar-refractivity contribution in [2.24, 2.45) is 4.99 Å². The molecule has 0 aliphatic rings. The molecule has 0 unspecified atom stereocenters. The fourth-order valence-electron chi connectivity index (χ4n) is 0.654. The molecule has 0 amide bonds. The molecule has 0 spiro atoms. The molecule has 2 nitrogen and oxygen atoms in total. The summed E-state index contributed by atoms with van der Waals surface area (Å²) in [5.41, 5.74) is 0. The SMILES string of the molecule is CCCC[C@@H](C)N=C=O. The Labute approximate surface area is 56.0 Å². The van der Waals surface area contributed by atoms with Crippen molar-refractivity contribution < 1.29 is 4.79 Å². The first-order valence-corrected chi connectivity index (χ1v) is 3.38. The molecule has 0 saturated heterocycles. The van der Waals surface area contributed by atoms with Crippen molar-refractivity contribution in [2.45, 2.75) is 39.2 Å². The van der Waals surface area contributed by atoms with Gasteiger partial charge < -0.3 is 0 Å². The van der Waals surface area contributed by atoms with Gasteiger partial charge in [-0.1, -0.05) is 19.8 Å². The van der Waals surface area contributed by atoms with Gasteiger partial charge in [-0.05, 0) is 13.3 Å². The number of unbranched alkanes of at least 4 members (excludes halogenated alkanes) is 1. The predicted octanol–water partition coefficient (Wildman–Crippen LogP) is 1.90. The maximum Gasteiger partial charge on any atom is 0.235 e. The molecule has 0 aliphatic heterocycles. The average Bonchev–Trinajstić information content (AvgIpc) is 1.85. The zero-order chi connectivity index (χ0) is 7.11. The maximum absolute atomic E-state index is 9.69.